The molecule has 0 bridgehead atoms. The lowest BCUT2D eigenvalue weighted by atomic mass is 10.2. The van der Waals surface area contributed by atoms with Crippen LogP contribution in [0.2, 0.25) is 0 Å². The van der Waals surface area contributed by atoms with E-state index in [0.717, 1.165) is 30.8 Å². The topological polar surface area (TPSA) is 56.3 Å². The van der Waals surface area contributed by atoms with E-state index in [1.165, 1.54) is 5.56 Å². The first-order valence-electron chi connectivity index (χ1n) is 7.25. The van der Waals surface area contributed by atoms with Crippen molar-refractivity contribution in [2.24, 2.45) is 12.8 Å². The van der Waals surface area contributed by atoms with E-state index in [-0.39, 0.29) is 0 Å². The summed E-state index contributed by atoms with van der Waals surface area (Å²) in [4.78, 5) is 2.27. The van der Waals surface area contributed by atoms with Crippen LogP contribution in [0.5, 0.6) is 5.75 Å². The van der Waals surface area contributed by atoms with Gasteiger partial charge in [0.25, 0.3) is 0 Å². The van der Waals surface area contributed by atoms with E-state index >= 15 is 0 Å². The molecule has 5 nitrogen and oxygen atoms in total. The zero-order valence-electron chi connectivity index (χ0n) is 12.8. The first-order valence-corrected chi connectivity index (χ1v) is 7.25. The molecule has 0 aliphatic carbocycles. The van der Waals surface area contributed by atoms with E-state index in [0.29, 0.717) is 13.2 Å². The Morgan fingerprint density at radius 1 is 1.33 bits per heavy atom. The number of hydrogen-bond acceptors (Lipinski definition) is 4. The fourth-order valence-electron chi connectivity index (χ4n) is 2.23. The van der Waals surface area contributed by atoms with Crippen LogP contribution < -0.4 is 10.5 Å². The minimum atomic E-state index is 0.547. The SMILES string of the molecule is CN(CCCOc1cccc(CN)c1)Cc1cnn(C)c1. The summed E-state index contributed by atoms with van der Waals surface area (Å²) in [6.07, 6.45) is 4.94. The van der Waals surface area contributed by atoms with Gasteiger partial charge in [-0.2, -0.15) is 5.10 Å². The second-order valence-electron chi connectivity index (χ2n) is 5.31. The molecule has 2 N–H and O–H groups in total. The summed E-state index contributed by atoms with van der Waals surface area (Å²) in [5, 5.41) is 4.18. The lowest BCUT2D eigenvalue weighted by Gasteiger charge is -2.15. The van der Waals surface area contributed by atoms with E-state index in [9.17, 15) is 0 Å². The monoisotopic (exact) mass is 288 g/mol. The first-order chi connectivity index (χ1) is 10.2. The molecule has 2 rings (SSSR count). The van der Waals surface area contributed by atoms with Crippen molar-refractivity contribution in [2.45, 2.75) is 19.5 Å². The molecule has 0 fully saturated rings. The number of nitrogens with zero attached hydrogens (tertiary/aromatic N) is 3. The summed E-state index contributed by atoms with van der Waals surface area (Å²) in [5.74, 6) is 0.896. The molecule has 0 amide bonds. The molecular formula is C16H24N4O. The Hall–Kier alpha value is -1.85. The molecular weight excluding hydrogens is 264 g/mol. The molecule has 1 aromatic heterocycles. The Morgan fingerprint density at radius 3 is 2.90 bits per heavy atom. The predicted molar refractivity (Wildman–Crippen MR) is 84.0 cm³/mol. The Bertz CT molecular complexity index is 553. The molecule has 0 radical (unpaired) electrons. The minimum Gasteiger partial charge on any atom is -0.494 e. The van der Waals surface area contributed by atoms with Gasteiger partial charge in [-0.3, -0.25) is 4.68 Å². The van der Waals surface area contributed by atoms with Gasteiger partial charge in [-0.05, 0) is 31.2 Å². The maximum atomic E-state index is 5.75. The molecule has 2 aromatic rings. The number of aromatic nitrogens is 2. The van der Waals surface area contributed by atoms with Crippen molar-refractivity contribution >= 4 is 0 Å². The zero-order valence-corrected chi connectivity index (χ0v) is 12.8. The summed E-state index contributed by atoms with van der Waals surface area (Å²) < 4.78 is 7.58. The van der Waals surface area contributed by atoms with Gasteiger partial charge in [-0.1, -0.05) is 12.1 Å². The van der Waals surface area contributed by atoms with Crippen molar-refractivity contribution in [3.05, 3.63) is 47.8 Å². The summed E-state index contributed by atoms with van der Waals surface area (Å²) in [6, 6.07) is 7.96. The molecule has 0 unspecified atom stereocenters. The van der Waals surface area contributed by atoms with Gasteiger partial charge < -0.3 is 15.4 Å². The minimum absolute atomic E-state index is 0.547. The number of nitrogens with two attached hydrogens (primary N) is 1. The van der Waals surface area contributed by atoms with Crippen molar-refractivity contribution in [3.63, 3.8) is 0 Å². The van der Waals surface area contributed by atoms with Crippen molar-refractivity contribution in [1.29, 1.82) is 0 Å². The van der Waals surface area contributed by atoms with Crippen LogP contribution in [0.1, 0.15) is 17.5 Å². The normalized spacial score (nSPS) is 11.0. The molecule has 0 saturated carbocycles. The van der Waals surface area contributed by atoms with E-state index in [4.69, 9.17) is 10.5 Å². The molecule has 1 aromatic carbocycles. The van der Waals surface area contributed by atoms with Crippen LogP contribution in [-0.4, -0.2) is 34.9 Å². The molecule has 1 heterocycles. The van der Waals surface area contributed by atoms with E-state index in [1.807, 2.05) is 48.4 Å². The van der Waals surface area contributed by atoms with Crippen molar-refractivity contribution in [3.8, 4) is 5.75 Å². The number of hydrogen-bond donors (Lipinski definition) is 1. The van der Waals surface area contributed by atoms with Crippen LogP contribution >= 0.6 is 0 Å². The van der Waals surface area contributed by atoms with Crippen molar-refractivity contribution < 1.29 is 4.74 Å². The second-order valence-corrected chi connectivity index (χ2v) is 5.31. The highest BCUT2D eigenvalue weighted by molar-refractivity contribution is 5.28. The van der Waals surface area contributed by atoms with Gasteiger partial charge in [-0.25, -0.2) is 0 Å². The lowest BCUT2D eigenvalue weighted by molar-refractivity contribution is 0.258. The van der Waals surface area contributed by atoms with Crippen LogP contribution in [-0.2, 0) is 20.1 Å². The van der Waals surface area contributed by atoms with Crippen LogP contribution in [0, 0.1) is 0 Å². The maximum Gasteiger partial charge on any atom is 0.119 e. The molecule has 0 spiro atoms. The summed E-state index contributed by atoms with van der Waals surface area (Å²) in [6.45, 7) is 3.17. The fourth-order valence-corrected chi connectivity index (χ4v) is 2.23. The third-order valence-electron chi connectivity index (χ3n) is 3.30. The highest BCUT2D eigenvalue weighted by Gasteiger charge is 2.02. The molecule has 21 heavy (non-hydrogen) atoms. The summed E-state index contributed by atoms with van der Waals surface area (Å²) in [7, 11) is 4.05. The van der Waals surface area contributed by atoms with Crippen LogP contribution in [0.25, 0.3) is 0 Å². The molecule has 0 atom stereocenters. The Balaban J connectivity index is 1.66. The van der Waals surface area contributed by atoms with Gasteiger partial charge in [0, 0.05) is 38.4 Å². The van der Waals surface area contributed by atoms with Gasteiger partial charge in [0.05, 0.1) is 12.8 Å². The summed E-state index contributed by atoms with van der Waals surface area (Å²) in [5.41, 5.74) is 7.95. The third kappa shape index (κ3) is 5.21. The maximum absolute atomic E-state index is 5.75. The van der Waals surface area contributed by atoms with Crippen LogP contribution in [0.15, 0.2) is 36.7 Å². The van der Waals surface area contributed by atoms with E-state index in [1.54, 1.807) is 0 Å². The van der Waals surface area contributed by atoms with Gasteiger partial charge >= 0.3 is 0 Å². The quantitative estimate of drug-likeness (QED) is 0.752. The van der Waals surface area contributed by atoms with Gasteiger partial charge in [0.2, 0.25) is 0 Å². The van der Waals surface area contributed by atoms with Crippen molar-refractivity contribution in [2.75, 3.05) is 20.2 Å². The number of benzene rings is 1. The molecule has 0 aliphatic rings. The summed E-state index contributed by atoms with van der Waals surface area (Å²) >= 11 is 0. The highest BCUT2D eigenvalue weighted by atomic mass is 16.5. The first kappa shape index (κ1) is 15.5. The number of rotatable bonds is 8. The average Bonchev–Trinajstić information content (AvgIpc) is 2.89. The fraction of sp³-hybridized carbons (Fsp3) is 0.438. The van der Waals surface area contributed by atoms with E-state index in [2.05, 4.69) is 17.0 Å². The van der Waals surface area contributed by atoms with Crippen molar-refractivity contribution in [1.82, 2.24) is 14.7 Å². The third-order valence-corrected chi connectivity index (χ3v) is 3.30. The van der Waals surface area contributed by atoms with E-state index < -0.39 is 0 Å². The Morgan fingerprint density at radius 2 is 2.19 bits per heavy atom. The predicted octanol–water partition coefficient (Wildman–Crippen LogP) is 1.78. The number of ether oxygens (including phenoxy) is 1. The van der Waals surface area contributed by atoms with Crippen LogP contribution in [0.4, 0.5) is 0 Å². The molecule has 0 saturated heterocycles. The average molecular weight is 288 g/mol. The zero-order chi connectivity index (χ0) is 15.1. The van der Waals surface area contributed by atoms with Gasteiger partial charge in [-0.15, -0.1) is 0 Å². The van der Waals surface area contributed by atoms with Gasteiger partial charge in [0.1, 0.15) is 5.75 Å². The molecule has 0 aliphatic heterocycles. The molecule has 5 heteroatoms. The highest BCUT2D eigenvalue weighted by Crippen LogP contribution is 2.13. The Kier molecular flexibility index (Phi) is 5.78. The largest absolute Gasteiger partial charge is 0.494 e. The smallest absolute Gasteiger partial charge is 0.119 e. The second kappa shape index (κ2) is 7.81. The number of aryl methyl sites for hydroxylation is 1. The van der Waals surface area contributed by atoms with Crippen LogP contribution in [0.3, 0.4) is 0 Å². The Labute approximate surface area is 126 Å². The van der Waals surface area contributed by atoms with Gasteiger partial charge in [0.15, 0.2) is 0 Å². The lowest BCUT2D eigenvalue weighted by Crippen LogP contribution is -2.20. The standard InChI is InChI=1S/C16H24N4O/c1-19(12-15-11-18-20(2)13-15)7-4-8-21-16-6-3-5-14(9-16)10-17/h3,5-6,9,11,13H,4,7-8,10,12,17H2,1-2H3. The molecule has 114 valence electrons.